The number of ketones is 1. The van der Waals surface area contributed by atoms with Crippen LogP contribution in [0.4, 0.5) is 0 Å². The topological polar surface area (TPSA) is 17.1 Å². The average molecular weight is 227 g/mol. The predicted octanol–water partition coefficient (Wildman–Crippen LogP) is 3.14. The van der Waals surface area contributed by atoms with Crippen LogP contribution in [0, 0.1) is 0 Å². The van der Waals surface area contributed by atoms with Crippen molar-refractivity contribution in [2.75, 3.05) is 0 Å². The minimum absolute atomic E-state index is 0.00231. The van der Waals surface area contributed by atoms with Gasteiger partial charge in [-0.15, -0.1) is 0 Å². The Morgan fingerprint density at radius 3 is 2.67 bits per heavy atom. The van der Waals surface area contributed by atoms with Crippen molar-refractivity contribution in [2.24, 2.45) is 0 Å². The van der Waals surface area contributed by atoms with Crippen molar-refractivity contribution in [3.05, 3.63) is 34.3 Å². The van der Waals surface area contributed by atoms with Crippen molar-refractivity contribution in [3.63, 3.8) is 0 Å². The molecule has 0 saturated carbocycles. The lowest BCUT2D eigenvalue weighted by Crippen LogP contribution is -2.03. The van der Waals surface area contributed by atoms with E-state index in [0.717, 1.165) is 10.0 Å². The quantitative estimate of drug-likeness (QED) is 0.758. The van der Waals surface area contributed by atoms with Crippen LogP contribution in [0.25, 0.3) is 0 Å². The first kappa shape index (κ1) is 9.46. The van der Waals surface area contributed by atoms with Crippen LogP contribution in [0.3, 0.4) is 0 Å². The zero-order chi connectivity index (χ0) is 9.14. The maximum atomic E-state index is 11.0. The Morgan fingerprint density at radius 2 is 2.17 bits per heavy atom. The van der Waals surface area contributed by atoms with Gasteiger partial charge in [0.15, 0.2) is 0 Å². The molecule has 0 aliphatic heterocycles. The summed E-state index contributed by atoms with van der Waals surface area (Å²) in [4.78, 5) is 11.0. The van der Waals surface area contributed by atoms with Gasteiger partial charge in [-0.25, -0.2) is 0 Å². The van der Waals surface area contributed by atoms with Crippen LogP contribution in [0.2, 0.25) is 0 Å². The van der Waals surface area contributed by atoms with Crippen LogP contribution in [-0.2, 0) is 4.79 Å². The summed E-state index contributed by atoms with van der Waals surface area (Å²) < 4.78 is 1.02. The van der Waals surface area contributed by atoms with Gasteiger partial charge in [-0.05, 0) is 24.6 Å². The van der Waals surface area contributed by atoms with Gasteiger partial charge in [0, 0.05) is 10.4 Å². The minimum Gasteiger partial charge on any atom is -0.299 e. The molecule has 1 nitrogen and oxygen atoms in total. The number of hydrogen-bond donors (Lipinski definition) is 0. The summed E-state index contributed by atoms with van der Waals surface area (Å²) in [5.74, 6) is 0.204. The molecule has 0 fully saturated rings. The molecule has 64 valence electrons. The van der Waals surface area contributed by atoms with Gasteiger partial charge in [0.25, 0.3) is 0 Å². The van der Waals surface area contributed by atoms with Crippen LogP contribution in [0.1, 0.15) is 25.3 Å². The van der Waals surface area contributed by atoms with Gasteiger partial charge >= 0.3 is 0 Å². The molecule has 12 heavy (non-hydrogen) atoms. The molecule has 0 N–H and O–H groups in total. The van der Waals surface area contributed by atoms with Gasteiger partial charge in [-0.2, -0.15) is 0 Å². The van der Waals surface area contributed by atoms with Crippen molar-refractivity contribution >= 4 is 21.7 Å². The zero-order valence-electron chi connectivity index (χ0n) is 7.17. The third-order valence-electron chi connectivity index (χ3n) is 1.96. The standard InChI is InChI=1S/C10H11BrO/c1-7(8(2)12)9-4-3-5-10(11)6-9/h3-7H,1-2H3. The first-order valence-corrected chi connectivity index (χ1v) is 4.66. The summed E-state index contributed by atoms with van der Waals surface area (Å²) in [5.41, 5.74) is 1.07. The molecule has 1 aromatic rings. The van der Waals surface area contributed by atoms with Crippen LogP contribution < -0.4 is 0 Å². The lowest BCUT2D eigenvalue weighted by molar-refractivity contribution is -0.118. The van der Waals surface area contributed by atoms with E-state index in [1.165, 1.54) is 0 Å². The molecule has 0 aliphatic rings. The first-order valence-electron chi connectivity index (χ1n) is 3.87. The minimum atomic E-state index is 0.00231. The molecule has 0 saturated heterocycles. The highest BCUT2D eigenvalue weighted by molar-refractivity contribution is 9.10. The molecule has 0 bridgehead atoms. The van der Waals surface area contributed by atoms with Crippen LogP contribution in [0.15, 0.2) is 28.7 Å². The van der Waals surface area contributed by atoms with Gasteiger partial charge in [-0.3, -0.25) is 4.79 Å². The third-order valence-corrected chi connectivity index (χ3v) is 2.45. The fraction of sp³-hybridized carbons (Fsp3) is 0.300. The Morgan fingerprint density at radius 1 is 1.50 bits per heavy atom. The number of benzene rings is 1. The lowest BCUT2D eigenvalue weighted by Gasteiger charge is -2.07. The van der Waals surface area contributed by atoms with Crippen LogP contribution >= 0.6 is 15.9 Å². The number of carbonyl (C=O) groups excluding carboxylic acids is 1. The largest absolute Gasteiger partial charge is 0.299 e. The molecular weight excluding hydrogens is 216 g/mol. The molecule has 0 amide bonds. The molecular formula is C10H11BrO. The van der Waals surface area contributed by atoms with Gasteiger partial charge in [0.05, 0.1) is 0 Å². The highest BCUT2D eigenvalue weighted by Crippen LogP contribution is 2.19. The van der Waals surface area contributed by atoms with Gasteiger partial charge in [-0.1, -0.05) is 35.0 Å². The van der Waals surface area contributed by atoms with E-state index in [1.54, 1.807) is 6.92 Å². The summed E-state index contributed by atoms with van der Waals surface area (Å²) in [6.45, 7) is 3.54. The van der Waals surface area contributed by atoms with Gasteiger partial charge < -0.3 is 0 Å². The second-order valence-corrected chi connectivity index (χ2v) is 3.80. The number of hydrogen-bond acceptors (Lipinski definition) is 1. The number of Topliss-reactive ketones (excluding diaryl/α,β-unsaturated/α-hetero) is 1. The van der Waals surface area contributed by atoms with E-state index in [9.17, 15) is 4.79 Å². The molecule has 1 aromatic carbocycles. The van der Waals surface area contributed by atoms with Gasteiger partial charge in [0.2, 0.25) is 0 Å². The van der Waals surface area contributed by atoms with E-state index in [4.69, 9.17) is 0 Å². The van der Waals surface area contributed by atoms with Crippen LogP contribution in [-0.4, -0.2) is 5.78 Å². The highest BCUT2D eigenvalue weighted by Gasteiger charge is 2.09. The summed E-state index contributed by atoms with van der Waals surface area (Å²) in [5, 5.41) is 0. The Kier molecular flexibility index (Phi) is 3.04. The molecule has 0 aliphatic carbocycles. The fourth-order valence-electron chi connectivity index (χ4n) is 1.01. The monoisotopic (exact) mass is 226 g/mol. The van der Waals surface area contributed by atoms with Crippen molar-refractivity contribution in [3.8, 4) is 0 Å². The molecule has 0 aromatic heterocycles. The Labute approximate surface area is 80.9 Å². The molecule has 2 heteroatoms. The van der Waals surface area contributed by atoms with Gasteiger partial charge in [0.1, 0.15) is 5.78 Å². The number of carbonyl (C=O) groups is 1. The maximum absolute atomic E-state index is 11.0. The summed E-state index contributed by atoms with van der Waals surface area (Å²) in [7, 11) is 0. The number of halogens is 1. The maximum Gasteiger partial charge on any atom is 0.136 e. The average Bonchev–Trinajstić information content (AvgIpc) is 2.03. The molecule has 0 radical (unpaired) electrons. The molecule has 1 rings (SSSR count). The lowest BCUT2D eigenvalue weighted by atomic mass is 9.98. The summed E-state index contributed by atoms with van der Waals surface area (Å²) >= 11 is 3.37. The molecule has 1 unspecified atom stereocenters. The molecule has 1 atom stereocenters. The van der Waals surface area contributed by atoms with Crippen molar-refractivity contribution in [2.45, 2.75) is 19.8 Å². The van der Waals surface area contributed by atoms with E-state index in [2.05, 4.69) is 15.9 Å². The van der Waals surface area contributed by atoms with Crippen molar-refractivity contribution < 1.29 is 4.79 Å². The Hall–Kier alpha value is -0.630. The SMILES string of the molecule is CC(=O)C(C)c1cccc(Br)c1. The normalized spacial score (nSPS) is 12.6. The van der Waals surface area contributed by atoms with E-state index >= 15 is 0 Å². The van der Waals surface area contributed by atoms with E-state index in [-0.39, 0.29) is 11.7 Å². The third kappa shape index (κ3) is 2.18. The van der Waals surface area contributed by atoms with E-state index in [1.807, 2.05) is 31.2 Å². The van der Waals surface area contributed by atoms with E-state index < -0.39 is 0 Å². The molecule has 0 spiro atoms. The van der Waals surface area contributed by atoms with Crippen molar-refractivity contribution in [1.29, 1.82) is 0 Å². The Balaban J connectivity index is 2.95. The van der Waals surface area contributed by atoms with Crippen molar-refractivity contribution in [1.82, 2.24) is 0 Å². The van der Waals surface area contributed by atoms with E-state index in [0.29, 0.717) is 0 Å². The number of rotatable bonds is 2. The predicted molar refractivity (Wildman–Crippen MR) is 53.2 cm³/mol. The Bertz CT molecular complexity index is 294. The second kappa shape index (κ2) is 3.85. The molecule has 0 heterocycles. The smallest absolute Gasteiger partial charge is 0.136 e. The first-order chi connectivity index (χ1) is 5.61. The summed E-state index contributed by atoms with van der Waals surface area (Å²) in [6.07, 6.45) is 0. The van der Waals surface area contributed by atoms with Crippen LogP contribution in [0.5, 0.6) is 0 Å². The summed E-state index contributed by atoms with van der Waals surface area (Å²) in [6, 6.07) is 7.85. The second-order valence-electron chi connectivity index (χ2n) is 2.89. The fourth-order valence-corrected chi connectivity index (χ4v) is 1.43. The zero-order valence-corrected chi connectivity index (χ0v) is 8.76. The highest BCUT2D eigenvalue weighted by atomic mass is 79.9.